The Kier molecular flexibility index (Phi) is 6.23. The Labute approximate surface area is 193 Å². The first-order valence-electron chi connectivity index (χ1n) is 11.4. The predicted molar refractivity (Wildman–Crippen MR) is 123 cm³/mol. The van der Waals surface area contributed by atoms with Gasteiger partial charge in [0.1, 0.15) is 0 Å². The lowest BCUT2D eigenvalue weighted by Crippen LogP contribution is -2.41. The minimum Gasteiger partial charge on any atom is -0.349 e. The van der Waals surface area contributed by atoms with E-state index in [0.717, 1.165) is 50.8 Å². The number of hydrogen-bond acceptors (Lipinski definition) is 5. The molecule has 6 nitrogen and oxygen atoms in total. The van der Waals surface area contributed by atoms with E-state index in [0.29, 0.717) is 23.3 Å². The van der Waals surface area contributed by atoms with Crippen molar-refractivity contribution in [3.63, 3.8) is 0 Å². The monoisotopic (exact) mass is 450 g/mol. The molecular formula is C25H27ClN4O2. The molecule has 3 aromatic rings. The van der Waals surface area contributed by atoms with Crippen molar-refractivity contribution < 1.29 is 9.32 Å². The lowest BCUT2D eigenvalue weighted by Gasteiger charge is -2.32. The molecule has 0 bridgehead atoms. The number of nitrogens with one attached hydrogen (secondary N) is 1. The van der Waals surface area contributed by atoms with Gasteiger partial charge in [0, 0.05) is 11.5 Å². The summed E-state index contributed by atoms with van der Waals surface area (Å²) in [7, 11) is 0. The van der Waals surface area contributed by atoms with Crippen LogP contribution in [0.3, 0.4) is 0 Å². The summed E-state index contributed by atoms with van der Waals surface area (Å²) in [4.78, 5) is 19.7. The number of nitrogens with zero attached hydrogens (tertiary/aromatic N) is 3. The van der Waals surface area contributed by atoms with Crippen LogP contribution >= 0.6 is 11.6 Å². The first kappa shape index (κ1) is 21.2. The molecule has 0 spiro atoms. The van der Waals surface area contributed by atoms with E-state index < -0.39 is 0 Å². The third kappa shape index (κ3) is 4.57. The van der Waals surface area contributed by atoms with Gasteiger partial charge in [-0.05, 0) is 68.5 Å². The fourth-order valence-corrected chi connectivity index (χ4v) is 5.03. The van der Waals surface area contributed by atoms with E-state index in [1.54, 1.807) is 0 Å². The standard InChI is InChI=1S/C25H27ClN4O2/c26-21-10-4-3-9-20(21)24-28-23(32-29-24)16-30-14-12-18(13-15-30)25(31)27-22-11-5-7-17-6-1-2-8-19(17)22/h1-4,6,8-10,18,22H,5,7,11-16H2,(H,27,31). The molecule has 1 atom stereocenters. The number of amides is 1. The van der Waals surface area contributed by atoms with E-state index in [1.165, 1.54) is 11.1 Å². The van der Waals surface area contributed by atoms with Gasteiger partial charge in [-0.15, -0.1) is 0 Å². The van der Waals surface area contributed by atoms with Gasteiger partial charge in [-0.3, -0.25) is 9.69 Å². The number of aromatic nitrogens is 2. The highest BCUT2D eigenvalue weighted by Gasteiger charge is 2.29. The zero-order valence-electron chi connectivity index (χ0n) is 18.0. The molecule has 7 heteroatoms. The van der Waals surface area contributed by atoms with Gasteiger partial charge < -0.3 is 9.84 Å². The van der Waals surface area contributed by atoms with Crippen LogP contribution in [0.2, 0.25) is 5.02 Å². The fourth-order valence-electron chi connectivity index (χ4n) is 4.81. The highest BCUT2D eigenvalue weighted by molar-refractivity contribution is 6.33. The number of fused-ring (bicyclic) bond motifs is 1. The molecule has 1 saturated heterocycles. The maximum atomic E-state index is 13.0. The van der Waals surface area contributed by atoms with Crippen LogP contribution in [0.1, 0.15) is 48.7 Å². The molecule has 5 rings (SSSR count). The van der Waals surface area contributed by atoms with Gasteiger partial charge in [0.2, 0.25) is 17.6 Å². The summed E-state index contributed by atoms with van der Waals surface area (Å²) in [5, 5.41) is 8.01. The molecule has 0 radical (unpaired) electrons. The topological polar surface area (TPSA) is 71.3 Å². The minimum absolute atomic E-state index is 0.0571. The number of carbonyl (C=O) groups is 1. The summed E-state index contributed by atoms with van der Waals surface area (Å²) in [6, 6.07) is 16.1. The van der Waals surface area contributed by atoms with Crippen LogP contribution in [-0.4, -0.2) is 34.0 Å². The third-order valence-electron chi connectivity index (χ3n) is 6.59. The second-order valence-corrected chi connectivity index (χ2v) is 9.10. The van der Waals surface area contributed by atoms with E-state index in [9.17, 15) is 4.79 Å². The highest BCUT2D eigenvalue weighted by atomic mass is 35.5. The second kappa shape index (κ2) is 9.43. The van der Waals surface area contributed by atoms with Gasteiger partial charge in [0.05, 0.1) is 17.6 Å². The molecule has 166 valence electrons. The molecule has 2 aromatic carbocycles. The molecule has 2 heterocycles. The van der Waals surface area contributed by atoms with Crippen LogP contribution in [0.15, 0.2) is 53.1 Å². The van der Waals surface area contributed by atoms with E-state index in [4.69, 9.17) is 16.1 Å². The molecule has 1 aliphatic carbocycles. The zero-order chi connectivity index (χ0) is 21.9. The van der Waals surface area contributed by atoms with Crippen LogP contribution in [0, 0.1) is 5.92 Å². The van der Waals surface area contributed by atoms with Gasteiger partial charge >= 0.3 is 0 Å². The van der Waals surface area contributed by atoms with E-state index in [2.05, 4.69) is 44.6 Å². The third-order valence-corrected chi connectivity index (χ3v) is 6.92. The van der Waals surface area contributed by atoms with Gasteiger partial charge in [-0.1, -0.05) is 53.2 Å². The lowest BCUT2D eigenvalue weighted by molar-refractivity contribution is -0.127. The molecule has 32 heavy (non-hydrogen) atoms. The van der Waals surface area contributed by atoms with Gasteiger partial charge in [-0.2, -0.15) is 4.98 Å². The summed E-state index contributed by atoms with van der Waals surface area (Å²) < 4.78 is 5.44. The molecule has 0 saturated carbocycles. The van der Waals surface area contributed by atoms with Crippen molar-refractivity contribution >= 4 is 17.5 Å². The van der Waals surface area contributed by atoms with Gasteiger partial charge in [0.25, 0.3) is 0 Å². The first-order chi connectivity index (χ1) is 15.7. The molecular weight excluding hydrogens is 424 g/mol. The summed E-state index contributed by atoms with van der Waals surface area (Å²) in [5.41, 5.74) is 3.42. The lowest BCUT2D eigenvalue weighted by atomic mass is 9.87. The molecule has 1 N–H and O–H groups in total. The number of rotatable bonds is 5. The van der Waals surface area contributed by atoms with Crippen LogP contribution in [0.25, 0.3) is 11.4 Å². The largest absolute Gasteiger partial charge is 0.349 e. The average molecular weight is 451 g/mol. The Bertz CT molecular complexity index is 1090. The zero-order valence-corrected chi connectivity index (χ0v) is 18.7. The van der Waals surface area contributed by atoms with Crippen molar-refractivity contribution in [1.29, 1.82) is 0 Å². The number of halogens is 1. The Hall–Kier alpha value is -2.70. The van der Waals surface area contributed by atoms with Crippen LogP contribution in [0.5, 0.6) is 0 Å². The first-order valence-corrected chi connectivity index (χ1v) is 11.7. The molecule has 1 aliphatic heterocycles. The van der Waals surface area contributed by atoms with Crippen molar-refractivity contribution in [1.82, 2.24) is 20.4 Å². The molecule has 1 amide bonds. The number of likely N-dealkylation sites (tertiary alicyclic amines) is 1. The fraction of sp³-hybridized carbons (Fsp3) is 0.400. The number of benzene rings is 2. The smallest absolute Gasteiger partial charge is 0.241 e. The molecule has 1 fully saturated rings. The van der Waals surface area contributed by atoms with E-state index >= 15 is 0 Å². The Morgan fingerprint density at radius 3 is 2.72 bits per heavy atom. The minimum atomic E-state index is 0.0571. The average Bonchev–Trinajstić information content (AvgIpc) is 3.28. The number of hydrogen-bond donors (Lipinski definition) is 1. The van der Waals surface area contributed by atoms with Crippen molar-refractivity contribution in [2.24, 2.45) is 5.92 Å². The van der Waals surface area contributed by atoms with Crippen LogP contribution in [0.4, 0.5) is 0 Å². The van der Waals surface area contributed by atoms with Crippen LogP contribution in [-0.2, 0) is 17.8 Å². The van der Waals surface area contributed by atoms with Crippen molar-refractivity contribution in [2.75, 3.05) is 13.1 Å². The quantitative estimate of drug-likeness (QED) is 0.604. The van der Waals surface area contributed by atoms with Crippen molar-refractivity contribution in [3.05, 3.63) is 70.6 Å². The summed E-state index contributed by atoms with van der Waals surface area (Å²) in [5.74, 6) is 1.32. The van der Waals surface area contributed by atoms with Crippen molar-refractivity contribution in [3.8, 4) is 11.4 Å². The molecule has 1 unspecified atom stereocenters. The van der Waals surface area contributed by atoms with E-state index in [-0.39, 0.29) is 17.9 Å². The highest BCUT2D eigenvalue weighted by Crippen LogP contribution is 2.30. The number of piperidine rings is 1. The van der Waals surface area contributed by atoms with Crippen LogP contribution < -0.4 is 5.32 Å². The predicted octanol–water partition coefficient (Wildman–Crippen LogP) is 4.80. The van der Waals surface area contributed by atoms with E-state index in [1.807, 2.05) is 24.3 Å². The maximum Gasteiger partial charge on any atom is 0.241 e. The SMILES string of the molecule is O=C(NC1CCCc2ccccc21)C1CCN(Cc2nc(-c3ccccc3Cl)no2)CC1. The van der Waals surface area contributed by atoms with Gasteiger partial charge in [0.15, 0.2) is 0 Å². The Balaban J connectivity index is 1.14. The molecule has 2 aliphatic rings. The second-order valence-electron chi connectivity index (χ2n) is 8.69. The van der Waals surface area contributed by atoms with Gasteiger partial charge in [-0.25, -0.2) is 0 Å². The normalized spacial score (nSPS) is 19.5. The van der Waals surface area contributed by atoms with Crippen molar-refractivity contribution in [2.45, 2.75) is 44.7 Å². The maximum absolute atomic E-state index is 13.0. The Morgan fingerprint density at radius 2 is 1.88 bits per heavy atom. The number of carbonyl (C=O) groups excluding carboxylic acids is 1. The summed E-state index contributed by atoms with van der Waals surface area (Å²) >= 11 is 6.23. The molecule has 1 aromatic heterocycles. The summed E-state index contributed by atoms with van der Waals surface area (Å²) in [6.07, 6.45) is 4.93. The summed E-state index contributed by atoms with van der Waals surface area (Å²) in [6.45, 7) is 2.26. The Morgan fingerprint density at radius 1 is 1.09 bits per heavy atom. The number of aryl methyl sites for hydroxylation is 1.